The summed E-state index contributed by atoms with van der Waals surface area (Å²) in [6.07, 6.45) is 0.853. The van der Waals surface area contributed by atoms with Gasteiger partial charge in [0, 0.05) is 6.04 Å². The Kier molecular flexibility index (Phi) is 6.73. The van der Waals surface area contributed by atoms with Crippen LogP contribution in [0, 0.1) is 5.92 Å². The monoisotopic (exact) mass is 272 g/mol. The molecule has 0 radical (unpaired) electrons. The van der Waals surface area contributed by atoms with Gasteiger partial charge < -0.3 is 16.2 Å². The lowest BCUT2D eigenvalue weighted by Gasteiger charge is -2.16. The number of carbonyl (C=O) groups excluding carboxylic acids is 1. The molecule has 0 heterocycles. The zero-order chi connectivity index (χ0) is 13.0. The number of anilines is 1. The van der Waals surface area contributed by atoms with Crippen molar-refractivity contribution in [3.05, 3.63) is 23.8 Å². The molecule has 2 unspecified atom stereocenters. The molecule has 0 fully saturated rings. The van der Waals surface area contributed by atoms with E-state index >= 15 is 0 Å². The van der Waals surface area contributed by atoms with Gasteiger partial charge in [-0.1, -0.05) is 19.9 Å². The molecule has 5 heteroatoms. The van der Waals surface area contributed by atoms with Gasteiger partial charge in [0.1, 0.15) is 5.75 Å². The van der Waals surface area contributed by atoms with Crippen molar-refractivity contribution in [3.63, 3.8) is 0 Å². The third kappa shape index (κ3) is 4.20. The molecule has 0 saturated carbocycles. The molecule has 102 valence electrons. The first-order chi connectivity index (χ1) is 7.95. The maximum Gasteiger partial charge on any atom is 0.228 e. The van der Waals surface area contributed by atoms with E-state index in [1.807, 2.05) is 13.0 Å². The van der Waals surface area contributed by atoms with Crippen molar-refractivity contribution in [2.45, 2.75) is 33.2 Å². The van der Waals surface area contributed by atoms with Crippen molar-refractivity contribution in [2.24, 2.45) is 11.7 Å². The molecule has 0 bridgehead atoms. The summed E-state index contributed by atoms with van der Waals surface area (Å²) in [6.45, 7) is 5.57. The van der Waals surface area contributed by atoms with Crippen LogP contribution in [-0.2, 0) is 11.2 Å². The molecule has 2 atom stereocenters. The van der Waals surface area contributed by atoms with Crippen molar-refractivity contribution < 1.29 is 9.90 Å². The fourth-order valence-electron chi connectivity index (χ4n) is 1.39. The summed E-state index contributed by atoms with van der Waals surface area (Å²) in [6, 6.07) is 4.98. The number of hydrogen-bond donors (Lipinski definition) is 3. The number of nitrogens with two attached hydrogens (primary N) is 1. The second-order valence-corrected chi connectivity index (χ2v) is 4.34. The molecule has 0 aliphatic heterocycles. The molecule has 0 aliphatic rings. The molecule has 1 amide bonds. The Bertz CT molecular complexity index is 408. The smallest absolute Gasteiger partial charge is 0.228 e. The number of hydrogen-bond acceptors (Lipinski definition) is 3. The second-order valence-electron chi connectivity index (χ2n) is 4.34. The third-order valence-electron chi connectivity index (χ3n) is 2.93. The summed E-state index contributed by atoms with van der Waals surface area (Å²) in [5.74, 6) is -0.393. The van der Waals surface area contributed by atoms with E-state index in [0.717, 1.165) is 12.0 Å². The predicted molar refractivity (Wildman–Crippen MR) is 76.2 cm³/mol. The van der Waals surface area contributed by atoms with Crippen LogP contribution in [0.25, 0.3) is 0 Å². The van der Waals surface area contributed by atoms with Gasteiger partial charge in [0.2, 0.25) is 5.91 Å². The SMILES string of the molecule is CCc1ccc(O)c(NC(=O)C(C)C(C)N)c1.Cl. The number of carbonyl (C=O) groups is 1. The van der Waals surface area contributed by atoms with E-state index in [9.17, 15) is 9.90 Å². The minimum absolute atomic E-state index is 0. The standard InChI is InChI=1S/C13H20N2O2.ClH/c1-4-10-5-6-12(16)11(7-10)15-13(17)8(2)9(3)14;/h5-9,16H,4,14H2,1-3H3,(H,15,17);1H. The van der Waals surface area contributed by atoms with Gasteiger partial charge in [-0.25, -0.2) is 0 Å². The maximum absolute atomic E-state index is 11.8. The number of nitrogens with one attached hydrogen (secondary N) is 1. The number of rotatable bonds is 4. The van der Waals surface area contributed by atoms with Gasteiger partial charge in [0.15, 0.2) is 0 Å². The first kappa shape index (κ1) is 16.7. The van der Waals surface area contributed by atoms with Crippen LogP contribution in [0.5, 0.6) is 5.75 Å². The van der Waals surface area contributed by atoms with Gasteiger partial charge in [-0.2, -0.15) is 0 Å². The van der Waals surface area contributed by atoms with Crippen LogP contribution in [0.1, 0.15) is 26.3 Å². The van der Waals surface area contributed by atoms with E-state index in [2.05, 4.69) is 5.32 Å². The number of aromatic hydroxyl groups is 1. The van der Waals surface area contributed by atoms with E-state index in [1.54, 1.807) is 26.0 Å². The fourth-order valence-corrected chi connectivity index (χ4v) is 1.39. The van der Waals surface area contributed by atoms with Gasteiger partial charge in [-0.15, -0.1) is 12.4 Å². The molecule has 0 aromatic heterocycles. The van der Waals surface area contributed by atoms with Crippen LogP contribution in [0.15, 0.2) is 18.2 Å². The van der Waals surface area contributed by atoms with E-state index in [1.165, 1.54) is 0 Å². The van der Waals surface area contributed by atoms with E-state index in [0.29, 0.717) is 5.69 Å². The number of phenolic OH excluding ortho intramolecular Hbond substituents is 1. The molecule has 1 aromatic carbocycles. The lowest BCUT2D eigenvalue weighted by molar-refractivity contribution is -0.119. The lowest BCUT2D eigenvalue weighted by Crippen LogP contribution is -2.34. The average molecular weight is 273 g/mol. The maximum atomic E-state index is 11.8. The summed E-state index contributed by atoms with van der Waals surface area (Å²) >= 11 is 0. The largest absolute Gasteiger partial charge is 0.506 e. The topological polar surface area (TPSA) is 75.3 Å². The molecule has 1 rings (SSSR count). The lowest BCUT2D eigenvalue weighted by atomic mass is 10.0. The Balaban J connectivity index is 0.00000289. The predicted octanol–water partition coefficient (Wildman–Crippen LogP) is 2.30. The highest BCUT2D eigenvalue weighted by molar-refractivity contribution is 5.94. The first-order valence-electron chi connectivity index (χ1n) is 5.84. The Morgan fingerprint density at radius 2 is 2.06 bits per heavy atom. The Hall–Kier alpha value is -1.26. The highest BCUT2D eigenvalue weighted by Crippen LogP contribution is 2.25. The van der Waals surface area contributed by atoms with E-state index in [4.69, 9.17) is 5.73 Å². The van der Waals surface area contributed by atoms with Crippen molar-refractivity contribution in [1.29, 1.82) is 0 Å². The minimum atomic E-state index is -0.292. The summed E-state index contributed by atoms with van der Waals surface area (Å²) in [5.41, 5.74) is 7.17. The van der Waals surface area contributed by atoms with E-state index < -0.39 is 0 Å². The molecular weight excluding hydrogens is 252 g/mol. The van der Waals surface area contributed by atoms with Crippen LogP contribution in [0.2, 0.25) is 0 Å². The Morgan fingerprint density at radius 3 is 2.56 bits per heavy atom. The Labute approximate surface area is 114 Å². The summed E-state index contributed by atoms with van der Waals surface area (Å²) in [4.78, 5) is 11.8. The third-order valence-corrected chi connectivity index (χ3v) is 2.93. The van der Waals surface area contributed by atoms with Gasteiger partial charge in [0.25, 0.3) is 0 Å². The summed E-state index contributed by atoms with van der Waals surface area (Å²) < 4.78 is 0. The molecular formula is C13H21ClN2O2. The van der Waals surface area contributed by atoms with Gasteiger partial charge in [-0.05, 0) is 31.0 Å². The van der Waals surface area contributed by atoms with Gasteiger partial charge >= 0.3 is 0 Å². The highest BCUT2D eigenvalue weighted by Gasteiger charge is 2.18. The van der Waals surface area contributed by atoms with Crippen molar-refractivity contribution in [1.82, 2.24) is 0 Å². The zero-order valence-electron chi connectivity index (χ0n) is 10.9. The molecule has 4 nitrogen and oxygen atoms in total. The van der Waals surface area contributed by atoms with Crippen LogP contribution in [-0.4, -0.2) is 17.1 Å². The molecule has 0 spiro atoms. The zero-order valence-corrected chi connectivity index (χ0v) is 11.8. The highest BCUT2D eigenvalue weighted by atomic mass is 35.5. The van der Waals surface area contributed by atoms with Gasteiger partial charge in [0.05, 0.1) is 11.6 Å². The number of halogens is 1. The first-order valence-corrected chi connectivity index (χ1v) is 5.84. The summed E-state index contributed by atoms with van der Waals surface area (Å²) in [7, 11) is 0. The normalized spacial score (nSPS) is 13.3. The minimum Gasteiger partial charge on any atom is -0.506 e. The van der Waals surface area contributed by atoms with Gasteiger partial charge in [-0.3, -0.25) is 4.79 Å². The molecule has 0 aliphatic carbocycles. The number of phenols is 1. The van der Waals surface area contributed by atoms with Crippen LogP contribution in [0.4, 0.5) is 5.69 Å². The Morgan fingerprint density at radius 1 is 1.44 bits per heavy atom. The molecule has 0 saturated heterocycles. The van der Waals surface area contributed by atoms with Crippen LogP contribution in [0.3, 0.4) is 0 Å². The van der Waals surface area contributed by atoms with E-state index in [-0.39, 0.29) is 36.0 Å². The average Bonchev–Trinajstić information content (AvgIpc) is 2.30. The second kappa shape index (κ2) is 7.24. The van der Waals surface area contributed by atoms with Crippen molar-refractivity contribution >= 4 is 24.0 Å². The molecule has 1 aromatic rings. The molecule has 4 N–H and O–H groups in total. The number of benzene rings is 1. The van der Waals surface area contributed by atoms with Crippen LogP contribution >= 0.6 is 12.4 Å². The quantitative estimate of drug-likeness (QED) is 0.736. The van der Waals surface area contributed by atoms with Crippen molar-refractivity contribution in [2.75, 3.05) is 5.32 Å². The number of amides is 1. The summed E-state index contributed by atoms with van der Waals surface area (Å²) in [5, 5.41) is 12.4. The molecule has 18 heavy (non-hydrogen) atoms. The number of aryl methyl sites for hydroxylation is 1. The van der Waals surface area contributed by atoms with Crippen molar-refractivity contribution in [3.8, 4) is 5.75 Å². The van der Waals surface area contributed by atoms with Crippen LogP contribution < -0.4 is 11.1 Å². The fraction of sp³-hybridized carbons (Fsp3) is 0.462.